The van der Waals surface area contributed by atoms with Crippen LogP contribution in [0, 0.1) is 21.3 Å². The molecule has 21 heavy (non-hydrogen) atoms. The highest BCUT2D eigenvalue weighted by molar-refractivity contribution is 5.26. The number of benzene rings is 1. The van der Waals surface area contributed by atoms with Crippen LogP contribution in [0.15, 0.2) is 24.3 Å². The molecule has 4 nitrogen and oxygen atoms in total. The van der Waals surface area contributed by atoms with E-state index in [0.29, 0.717) is 0 Å². The molecule has 114 valence electrons. The molecule has 0 saturated carbocycles. The van der Waals surface area contributed by atoms with Crippen molar-refractivity contribution in [3.05, 3.63) is 45.8 Å². The number of rotatable bonds is 2. The summed E-state index contributed by atoms with van der Waals surface area (Å²) in [5.41, 5.74) is 0.686. The van der Waals surface area contributed by atoms with Gasteiger partial charge in [0.15, 0.2) is 0 Å². The normalized spacial score (nSPS) is 31.9. The fourth-order valence-corrected chi connectivity index (χ4v) is 4.32. The SMILES string of the molecule is CC1(C)CN2CCCC2C([N+](=O)[O-])C1c1ccc(F)cc1. The minimum absolute atomic E-state index is 0.0167. The number of hydrogen-bond donors (Lipinski definition) is 0. The monoisotopic (exact) mass is 292 g/mol. The highest BCUT2D eigenvalue weighted by atomic mass is 19.1. The van der Waals surface area contributed by atoms with E-state index in [9.17, 15) is 14.5 Å². The van der Waals surface area contributed by atoms with Gasteiger partial charge in [-0.25, -0.2) is 4.39 Å². The van der Waals surface area contributed by atoms with E-state index in [-0.39, 0.29) is 28.1 Å². The van der Waals surface area contributed by atoms with Gasteiger partial charge in [0, 0.05) is 11.5 Å². The molecule has 0 aliphatic carbocycles. The first-order chi connectivity index (χ1) is 9.90. The minimum Gasteiger partial charge on any atom is -0.293 e. The van der Waals surface area contributed by atoms with Gasteiger partial charge in [-0.2, -0.15) is 0 Å². The van der Waals surface area contributed by atoms with Crippen LogP contribution in [0.4, 0.5) is 4.39 Å². The largest absolute Gasteiger partial charge is 0.293 e. The lowest BCUT2D eigenvalue weighted by molar-refractivity contribution is -0.541. The van der Waals surface area contributed by atoms with E-state index >= 15 is 0 Å². The molecule has 0 aromatic heterocycles. The van der Waals surface area contributed by atoms with Crippen molar-refractivity contribution in [1.29, 1.82) is 0 Å². The second kappa shape index (κ2) is 5.05. The summed E-state index contributed by atoms with van der Waals surface area (Å²) >= 11 is 0. The Morgan fingerprint density at radius 3 is 2.62 bits per heavy atom. The summed E-state index contributed by atoms with van der Waals surface area (Å²) in [5, 5.41) is 11.7. The highest BCUT2D eigenvalue weighted by Crippen LogP contribution is 2.47. The van der Waals surface area contributed by atoms with Crippen LogP contribution in [-0.2, 0) is 0 Å². The van der Waals surface area contributed by atoms with E-state index in [4.69, 9.17) is 0 Å². The van der Waals surface area contributed by atoms with E-state index in [0.717, 1.165) is 31.5 Å². The number of halogens is 1. The molecule has 5 heteroatoms. The van der Waals surface area contributed by atoms with Crippen molar-refractivity contribution in [3.8, 4) is 0 Å². The third-order valence-electron chi connectivity index (χ3n) is 5.08. The van der Waals surface area contributed by atoms with E-state index in [1.165, 1.54) is 12.1 Å². The zero-order valence-electron chi connectivity index (χ0n) is 12.5. The summed E-state index contributed by atoms with van der Waals surface area (Å²) in [4.78, 5) is 13.9. The summed E-state index contributed by atoms with van der Waals surface area (Å²) < 4.78 is 13.2. The maximum atomic E-state index is 13.2. The summed E-state index contributed by atoms with van der Waals surface area (Å²) in [5.74, 6) is -0.472. The molecule has 0 spiro atoms. The second-order valence-corrected chi connectivity index (χ2v) is 6.97. The Bertz CT molecular complexity index is 544. The Kier molecular flexibility index (Phi) is 3.48. The van der Waals surface area contributed by atoms with Crippen LogP contribution in [0.25, 0.3) is 0 Å². The average molecular weight is 292 g/mol. The first-order valence-electron chi connectivity index (χ1n) is 7.53. The fraction of sp³-hybridized carbons (Fsp3) is 0.625. The number of nitrogens with zero attached hydrogens (tertiary/aromatic N) is 2. The van der Waals surface area contributed by atoms with Crippen LogP contribution >= 0.6 is 0 Å². The molecule has 2 aliphatic rings. The molecule has 0 radical (unpaired) electrons. The van der Waals surface area contributed by atoms with Crippen LogP contribution in [0.5, 0.6) is 0 Å². The van der Waals surface area contributed by atoms with E-state index < -0.39 is 6.04 Å². The van der Waals surface area contributed by atoms with Crippen LogP contribution in [-0.4, -0.2) is 35.0 Å². The fourth-order valence-electron chi connectivity index (χ4n) is 4.32. The van der Waals surface area contributed by atoms with Crippen LogP contribution in [0.3, 0.4) is 0 Å². The Morgan fingerprint density at radius 1 is 1.33 bits per heavy atom. The lowest BCUT2D eigenvalue weighted by Crippen LogP contribution is -2.58. The van der Waals surface area contributed by atoms with Crippen LogP contribution < -0.4 is 0 Å². The Labute approximate surface area is 124 Å². The summed E-state index contributed by atoms with van der Waals surface area (Å²) in [6.45, 7) is 6.00. The molecule has 3 rings (SSSR count). The summed E-state index contributed by atoms with van der Waals surface area (Å²) in [7, 11) is 0. The van der Waals surface area contributed by atoms with Crippen molar-refractivity contribution < 1.29 is 9.31 Å². The van der Waals surface area contributed by atoms with Crippen molar-refractivity contribution in [1.82, 2.24) is 4.90 Å². The molecule has 0 N–H and O–H groups in total. The lowest BCUT2D eigenvalue weighted by atomic mass is 9.66. The smallest absolute Gasteiger partial charge is 0.235 e. The quantitative estimate of drug-likeness (QED) is 0.621. The van der Waals surface area contributed by atoms with Crippen LogP contribution in [0.2, 0.25) is 0 Å². The molecule has 2 fully saturated rings. The molecule has 1 aromatic carbocycles. The topological polar surface area (TPSA) is 46.4 Å². The van der Waals surface area contributed by atoms with Gasteiger partial charge < -0.3 is 0 Å². The zero-order valence-corrected chi connectivity index (χ0v) is 12.5. The Hall–Kier alpha value is -1.49. The molecule has 1 aromatic rings. The summed E-state index contributed by atoms with van der Waals surface area (Å²) in [6, 6.07) is 5.64. The van der Waals surface area contributed by atoms with Crippen molar-refractivity contribution in [2.45, 2.75) is 44.7 Å². The predicted octanol–water partition coefficient (Wildman–Crippen LogP) is 3.06. The summed E-state index contributed by atoms with van der Waals surface area (Å²) in [6.07, 6.45) is 1.92. The first-order valence-corrected chi connectivity index (χ1v) is 7.53. The molecule has 3 atom stereocenters. The van der Waals surface area contributed by atoms with Crippen LogP contribution in [0.1, 0.15) is 38.2 Å². The van der Waals surface area contributed by atoms with Crippen molar-refractivity contribution >= 4 is 0 Å². The Balaban J connectivity index is 2.04. The van der Waals surface area contributed by atoms with Gasteiger partial charge in [0.1, 0.15) is 5.82 Å². The van der Waals surface area contributed by atoms with Gasteiger partial charge in [-0.05, 0) is 42.5 Å². The molecule has 0 amide bonds. The molecule has 2 aliphatic heterocycles. The number of piperidine rings is 1. The second-order valence-electron chi connectivity index (χ2n) is 6.97. The van der Waals surface area contributed by atoms with Crippen molar-refractivity contribution in [3.63, 3.8) is 0 Å². The van der Waals surface area contributed by atoms with Gasteiger partial charge >= 0.3 is 0 Å². The molecular weight excluding hydrogens is 271 g/mol. The van der Waals surface area contributed by atoms with Crippen molar-refractivity contribution in [2.75, 3.05) is 13.1 Å². The molecule has 0 bridgehead atoms. The third-order valence-corrected chi connectivity index (χ3v) is 5.08. The predicted molar refractivity (Wildman–Crippen MR) is 78.3 cm³/mol. The van der Waals surface area contributed by atoms with Gasteiger partial charge in [-0.1, -0.05) is 26.0 Å². The average Bonchev–Trinajstić information content (AvgIpc) is 2.84. The zero-order chi connectivity index (χ0) is 15.2. The maximum Gasteiger partial charge on any atom is 0.235 e. The molecular formula is C16H21FN2O2. The minimum atomic E-state index is -0.610. The Morgan fingerprint density at radius 2 is 2.00 bits per heavy atom. The number of fused-ring (bicyclic) bond motifs is 1. The van der Waals surface area contributed by atoms with E-state index in [2.05, 4.69) is 18.7 Å². The van der Waals surface area contributed by atoms with Gasteiger partial charge in [0.05, 0.1) is 12.0 Å². The number of nitro groups is 1. The molecule has 3 unspecified atom stereocenters. The van der Waals surface area contributed by atoms with Gasteiger partial charge in [0.25, 0.3) is 0 Å². The van der Waals surface area contributed by atoms with E-state index in [1.54, 1.807) is 12.1 Å². The number of hydrogen-bond acceptors (Lipinski definition) is 3. The van der Waals surface area contributed by atoms with Gasteiger partial charge in [0.2, 0.25) is 6.04 Å². The third kappa shape index (κ3) is 2.44. The van der Waals surface area contributed by atoms with E-state index in [1.807, 2.05) is 0 Å². The highest BCUT2D eigenvalue weighted by Gasteiger charge is 2.55. The van der Waals surface area contributed by atoms with Crippen molar-refractivity contribution in [2.24, 2.45) is 5.41 Å². The lowest BCUT2D eigenvalue weighted by Gasteiger charge is -2.47. The van der Waals surface area contributed by atoms with Gasteiger partial charge in [-0.15, -0.1) is 0 Å². The molecule has 2 heterocycles. The standard InChI is InChI=1S/C16H21FN2O2/c1-16(2)10-18-9-3-4-13(18)15(19(20)21)14(16)11-5-7-12(17)8-6-11/h5-8,13-15H,3-4,9-10H2,1-2H3. The maximum absolute atomic E-state index is 13.2. The first kappa shape index (κ1) is 14.4. The molecule has 2 saturated heterocycles. The van der Waals surface area contributed by atoms with Gasteiger partial charge in [-0.3, -0.25) is 15.0 Å².